The average molecular weight is 407 g/mol. The molecule has 0 spiro atoms. The fourth-order valence-electron chi connectivity index (χ4n) is 4.84. The van der Waals surface area contributed by atoms with E-state index in [-0.39, 0.29) is 11.4 Å². The molecule has 1 aliphatic heterocycles. The molecule has 3 heteroatoms. The highest BCUT2D eigenvalue weighted by molar-refractivity contribution is 6.08. The highest BCUT2D eigenvalue weighted by atomic mass is 16.2. The number of aryl methyl sites for hydroxylation is 2. The molecule has 2 heterocycles. The number of para-hydroxylation sites is 1. The predicted molar refractivity (Wildman–Crippen MR) is 126 cm³/mol. The first-order chi connectivity index (χ1) is 15.3. The largest absolute Gasteiger partial charge is 0.304 e. The van der Waals surface area contributed by atoms with Crippen molar-refractivity contribution in [2.24, 2.45) is 0 Å². The Hall–Kier alpha value is -3.46. The highest BCUT2D eigenvalue weighted by Gasteiger charge is 2.51. The maximum Gasteiger partial charge on any atom is 0.229 e. The molecular formula is C28H26N2O. The molecule has 3 aromatic carbocycles. The molecule has 1 saturated heterocycles. The Morgan fingerprint density at radius 2 is 1.35 bits per heavy atom. The van der Waals surface area contributed by atoms with E-state index < -0.39 is 0 Å². The summed E-state index contributed by atoms with van der Waals surface area (Å²) < 4.78 is 0. The predicted octanol–water partition coefficient (Wildman–Crippen LogP) is 5.98. The number of fused-ring (bicyclic) bond motifs is 1. The molecule has 0 unspecified atom stereocenters. The summed E-state index contributed by atoms with van der Waals surface area (Å²) >= 11 is 0. The summed E-state index contributed by atoms with van der Waals surface area (Å²) in [6.07, 6.45) is 6.20. The second-order valence-corrected chi connectivity index (χ2v) is 8.45. The van der Waals surface area contributed by atoms with Crippen molar-refractivity contribution in [2.75, 3.05) is 4.90 Å². The van der Waals surface area contributed by atoms with Crippen LogP contribution in [0.25, 0.3) is 10.9 Å². The van der Waals surface area contributed by atoms with Gasteiger partial charge in [-0.2, -0.15) is 0 Å². The molecule has 1 fully saturated rings. The number of rotatable bonds is 7. The standard InChI is InChI=1S/C28H26N2O/c31-26-21-28(18-16-22-9-3-1-4-10-22,19-17-23-11-5-2-6-12-23)30(26)25-15-7-13-24-14-8-20-29-27(24)25/h1-15,20H,16-19,21H2. The van der Waals surface area contributed by atoms with Crippen LogP contribution in [-0.2, 0) is 17.6 Å². The zero-order chi connectivity index (χ0) is 21.1. The third-order valence-electron chi connectivity index (χ3n) is 6.50. The number of amides is 1. The van der Waals surface area contributed by atoms with E-state index >= 15 is 0 Å². The topological polar surface area (TPSA) is 33.2 Å². The van der Waals surface area contributed by atoms with Crippen molar-refractivity contribution in [2.45, 2.75) is 37.6 Å². The Kier molecular flexibility index (Phi) is 5.25. The Labute approximate surface area is 183 Å². The lowest BCUT2D eigenvalue weighted by Crippen LogP contribution is -2.64. The lowest BCUT2D eigenvalue weighted by atomic mass is 9.74. The Morgan fingerprint density at radius 3 is 1.97 bits per heavy atom. The van der Waals surface area contributed by atoms with Crippen LogP contribution in [0.15, 0.2) is 97.2 Å². The van der Waals surface area contributed by atoms with Crippen molar-refractivity contribution in [3.63, 3.8) is 0 Å². The van der Waals surface area contributed by atoms with Crippen LogP contribution in [-0.4, -0.2) is 16.4 Å². The van der Waals surface area contributed by atoms with Crippen molar-refractivity contribution in [3.8, 4) is 0 Å². The van der Waals surface area contributed by atoms with Crippen LogP contribution >= 0.6 is 0 Å². The lowest BCUT2D eigenvalue weighted by molar-refractivity contribution is -0.128. The van der Waals surface area contributed by atoms with Gasteiger partial charge in [0.1, 0.15) is 0 Å². The van der Waals surface area contributed by atoms with E-state index in [0.29, 0.717) is 6.42 Å². The number of carbonyl (C=O) groups excluding carboxylic acids is 1. The van der Waals surface area contributed by atoms with Gasteiger partial charge in [-0.3, -0.25) is 9.78 Å². The molecule has 1 amide bonds. The van der Waals surface area contributed by atoms with Crippen LogP contribution in [0.5, 0.6) is 0 Å². The van der Waals surface area contributed by atoms with E-state index in [0.717, 1.165) is 42.3 Å². The third kappa shape index (κ3) is 3.84. The van der Waals surface area contributed by atoms with Gasteiger partial charge >= 0.3 is 0 Å². The minimum Gasteiger partial charge on any atom is -0.304 e. The first-order valence-electron chi connectivity index (χ1n) is 11.0. The molecule has 0 N–H and O–H groups in total. The van der Waals surface area contributed by atoms with Crippen LogP contribution in [0, 0.1) is 0 Å². The van der Waals surface area contributed by atoms with Crippen molar-refractivity contribution in [1.82, 2.24) is 4.98 Å². The van der Waals surface area contributed by atoms with E-state index in [1.807, 2.05) is 29.3 Å². The molecule has 0 saturated carbocycles. The number of nitrogens with zero attached hydrogens (tertiary/aromatic N) is 2. The molecule has 4 aromatic rings. The van der Waals surface area contributed by atoms with Crippen LogP contribution < -0.4 is 4.90 Å². The second kappa shape index (κ2) is 8.35. The molecular weight excluding hydrogens is 380 g/mol. The fourth-order valence-corrected chi connectivity index (χ4v) is 4.84. The minimum absolute atomic E-state index is 0.186. The van der Waals surface area contributed by atoms with Gasteiger partial charge in [0, 0.05) is 11.6 Å². The monoisotopic (exact) mass is 406 g/mol. The highest BCUT2D eigenvalue weighted by Crippen LogP contribution is 2.45. The first-order valence-corrected chi connectivity index (χ1v) is 11.0. The molecule has 0 radical (unpaired) electrons. The zero-order valence-corrected chi connectivity index (χ0v) is 17.6. The van der Waals surface area contributed by atoms with E-state index in [1.54, 1.807) is 0 Å². The van der Waals surface area contributed by atoms with Crippen molar-refractivity contribution in [1.29, 1.82) is 0 Å². The van der Waals surface area contributed by atoms with Crippen molar-refractivity contribution < 1.29 is 4.79 Å². The van der Waals surface area contributed by atoms with E-state index in [2.05, 4.69) is 77.8 Å². The number of hydrogen-bond donors (Lipinski definition) is 0. The summed E-state index contributed by atoms with van der Waals surface area (Å²) in [6, 6.07) is 31.3. The number of aromatic nitrogens is 1. The SMILES string of the molecule is O=C1CC(CCc2ccccc2)(CCc2ccccc2)N1c1cccc2cccnc12. The third-order valence-corrected chi connectivity index (χ3v) is 6.50. The summed E-state index contributed by atoms with van der Waals surface area (Å²) in [5.74, 6) is 0.194. The summed E-state index contributed by atoms with van der Waals surface area (Å²) in [6.45, 7) is 0. The van der Waals surface area contributed by atoms with Gasteiger partial charge in [0.15, 0.2) is 0 Å². The van der Waals surface area contributed by atoms with Gasteiger partial charge in [-0.05, 0) is 48.9 Å². The van der Waals surface area contributed by atoms with Gasteiger partial charge in [-0.25, -0.2) is 0 Å². The summed E-state index contributed by atoms with van der Waals surface area (Å²) in [7, 11) is 0. The van der Waals surface area contributed by atoms with Gasteiger partial charge < -0.3 is 4.90 Å². The van der Waals surface area contributed by atoms with E-state index in [1.165, 1.54) is 11.1 Å². The Morgan fingerprint density at radius 1 is 0.742 bits per heavy atom. The van der Waals surface area contributed by atoms with Crippen LogP contribution in [0.1, 0.15) is 30.4 Å². The molecule has 1 aromatic heterocycles. The molecule has 0 bridgehead atoms. The number of hydrogen-bond acceptors (Lipinski definition) is 2. The van der Waals surface area contributed by atoms with Gasteiger partial charge in [-0.15, -0.1) is 0 Å². The minimum atomic E-state index is -0.186. The van der Waals surface area contributed by atoms with E-state index in [9.17, 15) is 4.79 Å². The first kappa shape index (κ1) is 19.5. The van der Waals surface area contributed by atoms with Gasteiger partial charge in [-0.1, -0.05) is 78.9 Å². The number of β-lactam (4-membered cyclic amide) rings is 1. The maximum atomic E-state index is 13.0. The average Bonchev–Trinajstić information content (AvgIpc) is 2.82. The van der Waals surface area contributed by atoms with Gasteiger partial charge in [0.05, 0.1) is 23.2 Å². The van der Waals surface area contributed by atoms with Gasteiger partial charge in [0.25, 0.3) is 0 Å². The molecule has 31 heavy (non-hydrogen) atoms. The molecule has 1 aliphatic rings. The number of anilines is 1. The summed E-state index contributed by atoms with van der Waals surface area (Å²) in [4.78, 5) is 19.7. The number of carbonyl (C=O) groups is 1. The summed E-state index contributed by atoms with van der Waals surface area (Å²) in [5.41, 5.74) is 4.29. The molecule has 0 aliphatic carbocycles. The molecule has 0 atom stereocenters. The molecule has 5 rings (SSSR count). The van der Waals surface area contributed by atoms with Crippen molar-refractivity contribution >= 4 is 22.5 Å². The Balaban J connectivity index is 1.49. The maximum absolute atomic E-state index is 13.0. The lowest BCUT2D eigenvalue weighted by Gasteiger charge is -2.53. The number of benzene rings is 3. The molecule has 3 nitrogen and oxygen atoms in total. The van der Waals surface area contributed by atoms with E-state index in [4.69, 9.17) is 0 Å². The second-order valence-electron chi connectivity index (χ2n) is 8.45. The van der Waals surface area contributed by atoms with Crippen molar-refractivity contribution in [3.05, 3.63) is 108 Å². The van der Waals surface area contributed by atoms with Crippen LogP contribution in [0.3, 0.4) is 0 Å². The zero-order valence-electron chi connectivity index (χ0n) is 17.6. The van der Waals surface area contributed by atoms with Crippen LogP contribution in [0.4, 0.5) is 5.69 Å². The van der Waals surface area contributed by atoms with Gasteiger partial charge in [0.2, 0.25) is 5.91 Å². The summed E-state index contributed by atoms with van der Waals surface area (Å²) in [5, 5.41) is 1.07. The quantitative estimate of drug-likeness (QED) is 0.354. The smallest absolute Gasteiger partial charge is 0.229 e. The normalized spacial score (nSPS) is 15.1. The number of pyridine rings is 1. The van der Waals surface area contributed by atoms with Crippen LogP contribution in [0.2, 0.25) is 0 Å². The molecule has 154 valence electrons. The fraction of sp³-hybridized carbons (Fsp3) is 0.214. The Bertz CT molecular complexity index is 1140.